The molecule has 0 saturated heterocycles. The minimum atomic E-state index is -0.344. The average Bonchev–Trinajstić information content (AvgIpc) is 3.27. The van der Waals surface area contributed by atoms with Gasteiger partial charge in [-0.1, -0.05) is 36.4 Å². The zero-order valence-electron chi connectivity index (χ0n) is 13.7. The largest absolute Gasteiger partial charge is 0.465 e. The van der Waals surface area contributed by atoms with Crippen LogP contribution in [0.1, 0.15) is 21.6 Å². The minimum absolute atomic E-state index is 0.344. The Morgan fingerprint density at radius 1 is 1.08 bits per heavy atom. The van der Waals surface area contributed by atoms with Crippen LogP contribution in [0.4, 0.5) is 0 Å². The van der Waals surface area contributed by atoms with Gasteiger partial charge in [0.1, 0.15) is 5.69 Å². The molecule has 0 bridgehead atoms. The second-order valence-corrected chi connectivity index (χ2v) is 5.92. The van der Waals surface area contributed by atoms with Crippen LogP contribution < -0.4 is 0 Å². The van der Waals surface area contributed by atoms with Gasteiger partial charge in [-0.3, -0.25) is 5.10 Å². The summed E-state index contributed by atoms with van der Waals surface area (Å²) >= 11 is 0. The first-order valence-electron chi connectivity index (χ1n) is 8.02. The summed E-state index contributed by atoms with van der Waals surface area (Å²) in [5, 5.41) is 8.52. The predicted molar refractivity (Wildman–Crippen MR) is 96.5 cm³/mol. The van der Waals surface area contributed by atoms with Crippen LogP contribution in [0.2, 0.25) is 0 Å². The van der Waals surface area contributed by atoms with Gasteiger partial charge in [0, 0.05) is 23.0 Å². The van der Waals surface area contributed by atoms with Crippen molar-refractivity contribution < 1.29 is 9.53 Å². The summed E-state index contributed by atoms with van der Waals surface area (Å²) in [6.07, 6.45) is 0.806. The number of fused-ring (bicyclic) bond motifs is 1. The van der Waals surface area contributed by atoms with Crippen LogP contribution in [0.3, 0.4) is 0 Å². The summed E-state index contributed by atoms with van der Waals surface area (Å²) in [4.78, 5) is 15.0. The van der Waals surface area contributed by atoms with E-state index in [9.17, 15) is 4.79 Å². The number of hydrogen-bond acceptors (Lipinski definition) is 3. The fraction of sp³-hybridized carbons (Fsp3) is 0.100. The van der Waals surface area contributed by atoms with Gasteiger partial charge in [-0.05, 0) is 29.8 Å². The Hall–Kier alpha value is -3.34. The third kappa shape index (κ3) is 3.04. The molecule has 4 aromatic rings. The Kier molecular flexibility index (Phi) is 3.82. The molecular formula is C20H17N3O2. The molecule has 4 rings (SSSR count). The Morgan fingerprint density at radius 2 is 1.92 bits per heavy atom. The Labute approximate surface area is 144 Å². The molecule has 5 nitrogen and oxygen atoms in total. The number of aromatic nitrogens is 3. The van der Waals surface area contributed by atoms with Crippen LogP contribution >= 0.6 is 0 Å². The molecule has 2 aromatic carbocycles. The number of ether oxygens (including phenoxy) is 1. The van der Waals surface area contributed by atoms with Gasteiger partial charge in [-0.25, -0.2) is 4.79 Å². The summed E-state index contributed by atoms with van der Waals surface area (Å²) in [6.45, 7) is 0. The van der Waals surface area contributed by atoms with Crippen LogP contribution in [-0.2, 0) is 11.2 Å². The number of aromatic amines is 2. The van der Waals surface area contributed by atoms with Crippen LogP contribution in [-0.4, -0.2) is 28.3 Å². The molecule has 124 valence electrons. The summed E-state index contributed by atoms with van der Waals surface area (Å²) in [7, 11) is 1.38. The van der Waals surface area contributed by atoms with Gasteiger partial charge in [0.05, 0.1) is 18.4 Å². The number of carbonyl (C=O) groups excluding carboxylic acids is 1. The van der Waals surface area contributed by atoms with E-state index in [1.165, 1.54) is 12.7 Å². The third-order valence-corrected chi connectivity index (χ3v) is 4.19. The van der Waals surface area contributed by atoms with E-state index in [1.807, 2.05) is 36.4 Å². The van der Waals surface area contributed by atoms with E-state index in [1.54, 1.807) is 12.1 Å². The molecule has 0 aliphatic heterocycles. The molecule has 0 amide bonds. The quantitative estimate of drug-likeness (QED) is 0.557. The molecule has 2 aromatic heterocycles. The molecule has 5 heteroatoms. The van der Waals surface area contributed by atoms with Crippen molar-refractivity contribution in [2.45, 2.75) is 6.42 Å². The van der Waals surface area contributed by atoms with E-state index in [2.05, 4.69) is 27.3 Å². The fourth-order valence-corrected chi connectivity index (χ4v) is 2.92. The summed E-state index contributed by atoms with van der Waals surface area (Å²) in [6, 6.07) is 19.8. The SMILES string of the molecule is COC(=O)c1ccc2cc(-c3cc(Cc4ccccc4)[nH]n3)[nH]c2c1. The highest BCUT2D eigenvalue weighted by molar-refractivity contribution is 5.95. The number of carbonyl (C=O) groups is 1. The number of nitrogens with one attached hydrogen (secondary N) is 2. The average molecular weight is 331 g/mol. The van der Waals surface area contributed by atoms with Gasteiger partial charge in [0.15, 0.2) is 0 Å². The van der Waals surface area contributed by atoms with Crippen molar-refractivity contribution in [2.24, 2.45) is 0 Å². The molecule has 0 spiro atoms. The van der Waals surface area contributed by atoms with E-state index < -0.39 is 0 Å². The lowest BCUT2D eigenvalue weighted by atomic mass is 10.1. The van der Waals surface area contributed by atoms with E-state index in [0.717, 1.165) is 34.4 Å². The van der Waals surface area contributed by atoms with Gasteiger partial charge in [0.25, 0.3) is 0 Å². The van der Waals surface area contributed by atoms with Crippen LogP contribution in [0.5, 0.6) is 0 Å². The topological polar surface area (TPSA) is 70.8 Å². The maximum atomic E-state index is 11.7. The van der Waals surface area contributed by atoms with E-state index in [4.69, 9.17) is 4.74 Å². The highest BCUT2D eigenvalue weighted by Gasteiger charge is 2.11. The van der Waals surface area contributed by atoms with Crippen LogP contribution in [0.25, 0.3) is 22.3 Å². The first-order valence-corrected chi connectivity index (χ1v) is 8.02. The Balaban J connectivity index is 1.62. The van der Waals surface area contributed by atoms with Crippen molar-refractivity contribution in [3.8, 4) is 11.4 Å². The lowest BCUT2D eigenvalue weighted by molar-refractivity contribution is 0.0601. The highest BCUT2D eigenvalue weighted by Crippen LogP contribution is 2.24. The number of benzene rings is 2. The van der Waals surface area contributed by atoms with E-state index in [-0.39, 0.29) is 5.97 Å². The molecule has 0 aliphatic rings. The molecule has 0 atom stereocenters. The second kappa shape index (κ2) is 6.28. The number of methoxy groups -OCH3 is 1. The molecule has 25 heavy (non-hydrogen) atoms. The molecule has 2 heterocycles. The monoisotopic (exact) mass is 331 g/mol. The normalized spacial score (nSPS) is 10.9. The minimum Gasteiger partial charge on any atom is -0.465 e. The van der Waals surface area contributed by atoms with Crippen molar-refractivity contribution in [1.29, 1.82) is 0 Å². The first kappa shape index (κ1) is 15.2. The summed E-state index contributed by atoms with van der Waals surface area (Å²) < 4.78 is 4.77. The van der Waals surface area contributed by atoms with Crippen molar-refractivity contribution in [3.63, 3.8) is 0 Å². The molecule has 2 N–H and O–H groups in total. The Morgan fingerprint density at radius 3 is 2.72 bits per heavy atom. The summed E-state index contributed by atoms with van der Waals surface area (Å²) in [5.41, 5.74) is 5.45. The highest BCUT2D eigenvalue weighted by atomic mass is 16.5. The molecule has 0 radical (unpaired) electrons. The van der Waals surface area contributed by atoms with Gasteiger partial charge in [0.2, 0.25) is 0 Å². The van der Waals surface area contributed by atoms with Crippen molar-refractivity contribution >= 4 is 16.9 Å². The lowest BCUT2D eigenvalue weighted by Crippen LogP contribution is -2.00. The van der Waals surface area contributed by atoms with Crippen molar-refractivity contribution in [1.82, 2.24) is 15.2 Å². The number of H-pyrrole nitrogens is 2. The Bertz CT molecular complexity index is 1030. The zero-order valence-corrected chi connectivity index (χ0v) is 13.7. The van der Waals surface area contributed by atoms with Gasteiger partial charge in [-0.2, -0.15) is 5.10 Å². The number of hydrogen-bond donors (Lipinski definition) is 2. The van der Waals surface area contributed by atoms with E-state index in [0.29, 0.717) is 5.56 Å². The fourth-order valence-electron chi connectivity index (χ4n) is 2.92. The molecule has 0 aliphatic carbocycles. The zero-order chi connectivity index (χ0) is 17.2. The van der Waals surface area contributed by atoms with E-state index >= 15 is 0 Å². The van der Waals surface area contributed by atoms with Crippen molar-refractivity contribution in [2.75, 3.05) is 7.11 Å². The van der Waals surface area contributed by atoms with Gasteiger partial charge >= 0.3 is 5.97 Å². The standard InChI is InChI=1S/C20H17N3O2/c1-25-20(24)15-8-7-14-10-18(21-17(14)11-15)19-12-16(22-23-19)9-13-5-3-2-4-6-13/h2-8,10-12,21H,9H2,1H3,(H,22,23). The van der Waals surface area contributed by atoms with Crippen LogP contribution in [0.15, 0.2) is 60.7 Å². The molecule has 0 fully saturated rings. The smallest absolute Gasteiger partial charge is 0.337 e. The third-order valence-electron chi connectivity index (χ3n) is 4.19. The predicted octanol–water partition coefficient (Wildman–Crippen LogP) is 3.94. The first-order chi connectivity index (χ1) is 12.2. The number of esters is 1. The van der Waals surface area contributed by atoms with Gasteiger partial charge in [-0.15, -0.1) is 0 Å². The summed E-state index contributed by atoms with van der Waals surface area (Å²) in [5.74, 6) is -0.344. The lowest BCUT2D eigenvalue weighted by Gasteiger charge is -1.98. The molecule has 0 unspecified atom stereocenters. The maximum Gasteiger partial charge on any atom is 0.337 e. The number of rotatable bonds is 4. The second-order valence-electron chi connectivity index (χ2n) is 5.92. The molecular weight excluding hydrogens is 314 g/mol. The van der Waals surface area contributed by atoms with Gasteiger partial charge < -0.3 is 9.72 Å². The number of nitrogens with zero attached hydrogens (tertiary/aromatic N) is 1. The molecule has 0 saturated carbocycles. The van der Waals surface area contributed by atoms with Crippen LogP contribution in [0, 0.1) is 0 Å². The maximum absolute atomic E-state index is 11.7. The van der Waals surface area contributed by atoms with Crippen molar-refractivity contribution in [3.05, 3.63) is 77.5 Å².